The highest BCUT2D eigenvalue weighted by molar-refractivity contribution is 6.10. The number of carbonyl (C=O) groups excluding carboxylic acids is 3. The molecule has 0 unspecified atom stereocenters. The lowest BCUT2D eigenvalue weighted by Crippen LogP contribution is -2.52. The zero-order chi connectivity index (χ0) is 12.5. The van der Waals surface area contributed by atoms with Gasteiger partial charge in [-0.1, -0.05) is 20.8 Å². The summed E-state index contributed by atoms with van der Waals surface area (Å²) in [5.74, 6) is -1.20. The molecule has 0 spiro atoms. The van der Waals surface area contributed by atoms with Gasteiger partial charge in [0.2, 0.25) is 11.8 Å². The Bertz CT molecular complexity index is 377. The van der Waals surface area contributed by atoms with Crippen molar-refractivity contribution in [1.29, 1.82) is 0 Å². The standard InChI is InChI=1S/C11H16N2O3/c1-7(14)13-6-9(15)12-8(10(13)16)5-11(2,3)4/h5H,6H2,1-4H3,(H,12,15)/b8-5-. The lowest BCUT2D eigenvalue weighted by Gasteiger charge is -2.27. The Morgan fingerprint density at radius 3 is 2.38 bits per heavy atom. The van der Waals surface area contributed by atoms with Crippen LogP contribution in [0.15, 0.2) is 11.8 Å². The molecule has 5 nitrogen and oxygen atoms in total. The van der Waals surface area contributed by atoms with Gasteiger partial charge >= 0.3 is 0 Å². The van der Waals surface area contributed by atoms with Gasteiger partial charge in [-0.05, 0) is 11.5 Å². The van der Waals surface area contributed by atoms with Crippen LogP contribution < -0.4 is 5.32 Å². The number of nitrogens with one attached hydrogen (secondary N) is 1. The second-order valence-corrected chi connectivity index (χ2v) is 4.88. The first-order valence-corrected chi connectivity index (χ1v) is 5.06. The number of carbonyl (C=O) groups is 3. The average Bonchev–Trinajstić information content (AvgIpc) is 2.07. The van der Waals surface area contributed by atoms with Gasteiger partial charge in [-0.2, -0.15) is 0 Å². The monoisotopic (exact) mass is 224 g/mol. The van der Waals surface area contributed by atoms with Crippen molar-refractivity contribution in [1.82, 2.24) is 10.2 Å². The van der Waals surface area contributed by atoms with E-state index in [2.05, 4.69) is 5.32 Å². The number of allylic oxidation sites excluding steroid dienone is 1. The lowest BCUT2D eigenvalue weighted by molar-refractivity contribution is -0.147. The fourth-order valence-electron chi connectivity index (χ4n) is 1.39. The molecule has 1 N–H and O–H groups in total. The zero-order valence-electron chi connectivity index (χ0n) is 9.96. The lowest BCUT2D eigenvalue weighted by atomic mass is 9.94. The number of piperazine rings is 1. The summed E-state index contributed by atoms with van der Waals surface area (Å²) in [6, 6.07) is 0. The molecule has 16 heavy (non-hydrogen) atoms. The maximum Gasteiger partial charge on any atom is 0.277 e. The van der Waals surface area contributed by atoms with E-state index in [1.54, 1.807) is 6.08 Å². The average molecular weight is 224 g/mol. The van der Waals surface area contributed by atoms with E-state index in [0.717, 1.165) is 4.90 Å². The van der Waals surface area contributed by atoms with Crippen molar-refractivity contribution in [2.75, 3.05) is 6.54 Å². The molecule has 5 heteroatoms. The quantitative estimate of drug-likeness (QED) is 0.606. The summed E-state index contributed by atoms with van der Waals surface area (Å²) < 4.78 is 0. The molecule has 0 aromatic rings. The minimum Gasteiger partial charge on any atom is -0.320 e. The van der Waals surface area contributed by atoms with Gasteiger partial charge in [0.15, 0.2) is 0 Å². The van der Waals surface area contributed by atoms with Crippen LogP contribution >= 0.6 is 0 Å². The highest BCUT2D eigenvalue weighted by Gasteiger charge is 2.31. The van der Waals surface area contributed by atoms with Crippen LogP contribution in [0.4, 0.5) is 0 Å². The van der Waals surface area contributed by atoms with E-state index in [-0.39, 0.29) is 23.6 Å². The number of rotatable bonds is 0. The molecule has 0 atom stereocenters. The number of nitrogens with zero attached hydrogens (tertiary/aromatic N) is 1. The molecule has 0 aromatic heterocycles. The maximum atomic E-state index is 11.8. The Morgan fingerprint density at radius 2 is 1.94 bits per heavy atom. The predicted molar refractivity (Wildman–Crippen MR) is 58.1 cm³/mol. The molecular weight excluding hydrogens is 208 g/mol. The second-order valence-electron chi connectivity index (χ2n) is 4.88. The maximum absolute atomic E-state index is 11.8. The van der Waals surface area contributed by atoms with Crippen LogP contribution in [0.3, 0.4) is 0 Å². The first-order chi connectivity index (χ1) is 7.20. The Kier molecular flexibility index (Phi) is 3.16. The molecule has 0 radical (unpaired) electrons. The largest absolute Gasteiger partial charge is 0.320 e. The fourth-order valence-corrected chi connectivity index (χ4v) is 1.39. The van der Waals surface area contributed by atoms with Crippen LogP contribution in [0.1, 0.15) is 27.7 Å². The van der Waals surface area contributed by atoms with Crippen LogP contribution in [0, 0.1) is 5.41 Å². The summed E-state index contributed by atoms with van der Waals surface area (Å²) in [6.45, 7) is 6.80. The Labute approximate surface area is 94.5 Å². The van der Waals surface area contributed by atoms with Crippen molar-refractivity contribution in [2.45, 2.75) is 27.7 Å². The summed E-state index contributed by atoms with van der Waals surface area (Å²) in [4.78, 5) is 35.2. The fraction of sp³-hybridized carbons (Fsp3) is 0.545. The molecule has 1 saturated heterocycles. The van der Waals surface area contributed by atoms with Gasteiger partial charge in [0.05, 0.1) is 0 Å². The Morgan fingerprint density at radius 1 is 1.38 bits per heavy atom. The number of hydrogen-bond acceptors (Lipinski definition) is 3. The normalized spacial score (nSPS) is 20.0. The van der Waals surface area contributed by atoms with Gasteiger partial charge in [0, 0.05) is 6.92 Å². The highest BCUT2D eigenvalue weighted by atomic mass is 16.2. The van der Waals surface area contributed by atoms with Gasteiger partial charge in [-0.3, -0.25) is 19.3 Å². The van der Waals surface area contributed by atoms with Crippen LogP contribution in [0.5, 0.6) is 0 Å². The van der Waals surface area contributed by atoms with Gasteiger partial charge in [-0.25, -0.2) is 0 Å². The highest BCUT2D eigenvalue weighted by Crippen LogP contribution is 2.19. The topological polar surface area (TPSA) is 66.5 Å². The molecule has 1 heterocycles. The third-order valence-corrected chi connectivity index (χ3v) is 2.01. The SMILES string of the molecule is CC(=O)N1CC(=O)N/C(=C\C(C)(C)C)C1=O. The minimum atomic E-state index is -0.443. The van der Waals surface area contributed by atoms with E-state index in [4.69, 9.17) is 0 Å². The summed E-state index contributed by atoms with van der Waals surface area (Å²) in [6.07, 6.45) is 1.66. The summed E-state index contributed by atoms with van der Waals surface area (Å²) >= 11 is 0. The van der Waals surface area contributed by atoms with Gasteiger partial charge in [0.25, 0.3) is 5.91 Å². The van der Waals surface area contributed by atoms with Crippen molar-refractivity contribution >= 4 is 17.7 Å². The summed E-state index contributed by atoms with van der Waals surface area (Å²) in [5, 5.41) is 2.49. The summed E-state index contributed by atoms with van der Waals surface area (Å²) in [5.41, 5.74) is -0.0584. The smallest absolute Gasteiger partial charge is 0.277 e. The first-order valence-electron chi connectivity index (χ1n) is 5.06. The van der Waals surface area contributed by atoms with Gasteiger partial charge in [-0.15, -0.1) is 0 Å². The van der Waals surface area contributed by atoms with E-state index in [9.17, 15) is 14.4 Å². The molecule has 1 fully saturated rings. The summed E-state index contributed by atoms with van der Waals surface area (Å²) in [7, 11) is 0. The number of amides is 3. The van der Waals surface area contributed by atoms with Crippen LogP contribution in [-0.4, -0.2) is 29.2 Å². The van der Waals surface area contributed by atoms with E-state index in [0.29, 0.717) is 0 Å². The third-order valence-electron chi connectivity index (χ3n) is 2.01. The Balaban J connectivity index is 3.03. The van der Waals surface area contributed by atoms with Crippen molar-refractivity contribution < 1.29 is 14.4 Å². The first kappa shape index (κ1) is 12.4. The molecule has 0 aliphatic carbocycles. The third kappa shape index (κ3) is 2.92. The van der Waals surface area contributed by atoms with Crippen molar-refractivity contribution in [3.63, 3.8) is 0 Å². The van der Waals surface area contributed by atoms with Gasteiger partial charge in [0.1, 0.15) is 12.2 Å². The van der Waals surface area contributed by atoms with Crippen LogP contribution in [0.25, 0.3) is 0 Å². The van der Waals surface area contributed by atoms with Gasteiger partial charge < -0.3 is 5.32 Å². The molecule has 1 aliphatic heterocycles. The Hall–Kier alpha value is -1.65. The minimum absolute atomic E-state index is 0.180. The van der Waals surface area contributed by atoms with E-state index >= 15 is 0 Å². The molecule has 88 valence electrons. The number of hydrogen-bond donors (Lipinski definition) is 1. The molecule has 0 aromatic carbocycles. The van der Waals surface area contributed by atoms with E-state index in [1.165, 1.54) is 6.92 Å². The van der Waals surface area contributed by atoms with E-state index in [1.807, 2.05) is 20.8 Å². The van der Waals surface area contributed by atoms with Crippen LogP contribution in [0.2, 0.25) is 0 Å². The molecule has 0 bridgehead atoms. The molecular formula is C11H16N2O3. The molecule has 3 amide bonds. The van der Waals surface area contributed by atoms with E-state index < -0.39 is 11.8 Å². The van der Waals surface area contributed by atoms with Crippen molar-refractivity contribution in [2.24, 2.45) is 5.41 Å². The molecule has 1 aliphatic rings. The van der Waals surface area contributed by atoms with Crippen LogP contribution in [-0.2, 0) is 14.4 Å². The second kappa shape index (κ2) is 4.08. The number of imide groups is 1. The predicted octanol–water partition coefficient (Wildman–Crippen LogP) is 0.421. The molecule has 1 rings (SSSR count). The van der Waals surface area contributed by atoms with Crippen molar-refractivity contribution in [3.05, 3.63) is 11.8 Å². The zero-order valence-corrected chi connectivity index (χ0v) is 9.96. The molecule has 0 saturated carbocycles. The van der Waals surface area contributed by atoms with Crippen molar-refractivity contribution in [3.8, 4) is 0 Å².